The van der Waals surface area contributed by atoms with Gasteiger partial charge >= 0.3 is 0 Å². The van der Waals surface area contributed by atoms with E-state index < -0.39 is 15.8 Å². The van der Waals surface area contributed by atoms with Gasteiger partial charge in [-0.25, -0.2) is 12.8 Å². The lowest BCUT2D eigenvalue weighted by Gasteiger charge is -2.31. The molecule has 1 heterocycles. The van der Waals surface area contributed by atoms with Crippen LogP contribution >= 0.6 is 0 Å². The molecule has 25 heavy (non-hydrogen) atoms. The van der Waals surface area contributed by atoms with E-state index in [1.165, 1.54) is 39.0 Å². The van der Waals surface area contributed by atoms with Crippen LogP contribution in [-0.4, -0.2) is 45.4 Å². The van der Waals surface area contributed by atoms with Gasteiger partial charge in [0.05, 0.1) is 37.6 Å². The van der Waals surface area contributed by atoms with Gasteiger partial charge in [0.2, 0.25) is 10.0 Å². The number of hydrogen-bond acceptors (Lipinski definition) is 2. The van der Waals surface area contributed by atoms with E-state index in [0.717, 1.165) is 32.5 Å². The highest BCUT2D eigenvalue weighted by molar-refractivity contribution is 7.89. The SMILES string of the molecule is O=S(=O)(c1ccc(F)cc1)N1CC[NH+](CCCc2ccccc2)CC1. The number of sulfonamides is 1. The summed E-state index contributed by atoms with van der Waals surface area (Å²) in [5.74, 6) is -0.424. The fourth-order valence-electron chi connectivity index (χ4n) is 3.24. The average molecular weight is 363 g/mol. The summed E-state index contributed by atoms with van der Waals surface area (Å²) in [6.45, 7) is 3.71. The molecule has 0 saturated carbocycles. The topological polar surface area (TPSA) is 41.8 Å². The molecule has 3 rings (SSSR count). The van der Waals surface area contributed by atoms with Crippen LogP contribution in [0.25, 0.3) is 0 Å². The van der Waals surface area contributed by atoms with Gasteiger partial charge in [-0.1, -0.05) is 30.3 Å². The highest BCUT2D eigenvalue weighted by atomic mass is 32.2. The van der Waals surface area contributed by atoms with E-state index >= 15 is 0 Å². The van der Waals surface area contributed by atoms with Crippen molar-refractivity contribution in [2.24, 2.45) is 0 Å². The van der Waals surface area contributed by atoms with Crippen LogP contribution in [0.4, 0.5) is 4.39 Å². The Kier molecular flexibility index (Phi) is 5.83. The van der Waals surface area contributed by atoms with Gasteiger partial charge in [-0.3, -0.25) is 0 Å². The minimum absolute atomic E-state index is 0.168. The molecule has 2 aromatic rings. The van der Waals surface area contributed by atoms with Crippen LogP contribution in [0.3, 0.4) is 0 Å². The molecule has 0 aliphatic carbocycles. The largest absolute Gasteiger partial charge is 0.333 e. The van der Waals surface area contributed by atoms with Crippen LogP contribution in [0.5, 0.6) is 0 Å². The molecule has 4 nitrogen and oxygen atoms in total. The van der Waals surface area contributed by atoms with Gasteiger partial charge in [0, 0.05) is 6.42 Å². The van der Waals surface area contributed by atoms with Gasteiger partial charge in [-0.05, 0) is 36.2 Å². The van der Waals surface area contributed by atoms with Crippen LogP contribution in [0, 0.1) is 5.82 Å². The Hall–Kier alpha value is -1.76. The molecule has 134 valence electrons. The Morgan fingerprint density at radius 2 is 1.60 bits per heavy atom. The second-order valence-corrected chi connectivity index (χ2v) is 8.39. The van der Waals surface area contributed by atoms with E-state index in [1.807, 2.05) is 6.07 Å². The molecule has 2 aromatic carbocycles. The second kappa shape index (κ2) is 8.08. The third kappa shape index (κ3) is 4.66. The quantitative estimate of drug-likeness (QED) is 0.842. The molecule has 1 aliphatic rings. The predicted octanol–water partition coefficient (Wildman–Crippen LogP) is 1.35. The molecule has 1 aliphatic heterocycles. The standard InChI is InChI=1S/C19H23FN2O2S/c20-18-8-10-19(11-9-18)25(23,24)22-15-13-21(14-16-22)12-4-7-17-5-2-1-3-6-17/h1-3,5-6,8-11H,4,7,12-16H2/p+1. The third-order valence-electron chi connectivity index (χ3n) is 4.72. The van der Waals surface area contributed by atoms with Crippen molar-refractivity contribution in [2.75, 3.05) is 32.7 Å². The summed E-state index contributed by atoms with van der Waals surface area (Å²) >= 11 is 0. The van der Waals surface area contributed by atoms with Gasteiger partial charge in [0.15, 0.2) is 0 Å². The number of rotatable bonds is 6. The molecule has 0 unspecified atom stereocenters. The molecular formula is C19H24FN2O2S+. The Morgan fingerprint density at radius 3 is 2.24 bits per heavy atom. The molecule has 1 saturated heterocycles. The Morgan fingerprint density at radius 1 is 0.960 bits per heavy atom. The highest BCUT2D eigenvalue weighted by Gasteiger charge is 2.30. The zero-order valence-corrected chi connectivity index (χ0v) is 15.0. The number of halogens is 1. The molecule has 6 heteroatoms. The molecule has 0 bridgehead atoms. The normalized spacial score (nSPS) is 16.8. The third-order valence-corrected chi connectivity index (χ3v) is 6.63. The van der Waals surface area contributed by atoms with Crippen LogP contribution < -0.4 is 4.90 Å². The summed E-state index contributed by atoms with van der Waals surface area (Å²) in [6, 6.07) is 15.5. The number of quaternary nitrogens is 1. The maximum Gasteiger partial charge on any atom is 0.243 e. The first-order valence-electron chi connectivity index (χ1n) is 8.69. The summed E-state index contributed by atoms with van der Waals surface area (Å²) in [6.07, 6.45) is 2.16. The minimum atomic E-state index is -3.51. The van der Waals surface area contributed by atoms with Gasteiger partial charge in [0.25, 0.3) is 0 Å². The van der Waals surface area contributed by atoms with Crippen LogP contribution in [0.15, 0.2) is 59.5 Å². The van der Waals surface area contributed by atoms with Crippen molar-refractivity contribution in [3.8, 4) is 0 Å². The van der Waals surface area contributed by atoms with E-state index in [4.69, 9.17) is 0 Å². The number of nitrogens with one attached hydrogen (secondary N) is 1. The zero-order chi connectivity index (χ0) is 17.7. The van der Waals surface area contributed by atoms with E-state index in [1.54, 1.807) is 0 Å². The maximum absolute atomic E-state index is 13.0. The van der Waals surface area contributed by atoms with Crippen LogP contribution in [0.1, 0.15) is 12.0 Å². The predicted molar refractivity (Wildman–Crippen MR) is 95.5 cm³/mol. The van der Waals surface area contributed by atoms with Crippen molar-refractivity contribution in [3.05, 3.63) is 66.0 Å². The first-order chi connectivity index (χ1) is 12.1. The molecule has 0 spiro atoms. The van der Waals surface area contributed by atoms with Crippen molar-refractivity contribution in [3.63, 3.8) is 0 Å². The van der Waals surface area contributed by atoms with Gasteiger partial charge in [0.1, 0.15) is 5.82 Å². The van der Waals surface area contributed by atoms with E-state index in [2.05, 4.69) is 24.3 Å². The van der Waals surface area contributed by atoms with Crippen molar-refractivity contribution >= 4 is 10.0 Å². The molecule has 0 aromatic heterocycles. The van der Waals surface area contributed by atoms with Crippen molar-refractivity contribution < 1.29 is 17.7 Å². The number of benzene rings is 2. The summed E-state index contributed by atoms with van der Waals surface area (Å²) in [7, 11) is -3.51. The molecule has 0 radical (unpaired) electrons. The first-order valence-corrected chi connectivity index (χ1v) is 10.1. The summed E-state index contributed by atoms with van der Waals surface area (Å²) < 4.78 is 39.7. The smallest absolute Gasteiger partial charge is 0.243 e. The second-order valence-electron chi connectivity index (χ2n) is 6.45. The Bertz CT molecular complexity index is 771. The van der Waals surface area contributed by atoms with Crippen molar-refractivity contribution in [1.29, 1.82) is 0 Å². The van der Waals surface area contributed by atoms with Crippen molar-refractivity contribution in [1.82, 2.24) is 4.31 Å². The highest BCUT2D eigenvalue weighted by Crippen LogP contribution is 2.16. The average Bonchev–Trinajstić information content (AvgIpc) is 2.63. The Balaban J connectivity index is 1.49. The lowest BCUT2D eigenvalue weighted by molar-refractivity contribution is -0.903. The molecular weight excluding hydrogens is 339 g/mol. The molecule has 1 fully saturated rings. The van der Waals surface area contributed by atoms with E-state index in [0.29, 0.717) is 13.1 Å². The molecule has 0 amide bonds. The summed E-state index contributed by atoms with van der Waals surface area (Å²) in [4.78, 5) is 1.61. The lowest BCUT2D eigenvalue weighted by Crippen LogP contribution is -3.14. The lowest BCUT2D eigenvalue weighted by atomic mass is 10.1. The monoisotopic (exact) mass is 363 g/mol. The van der Waals surface area contributed by atoms with Gasteiger partial charge < -0.3 is 4.90 Å². The van der Waals surface area contributed by atoms with Gasteiger partial charge in [-0.2, -0.15) is 4.31 Å². The van der Waals surface area contributed by atoms with Crippen molar-refractivity contribution in [2.45, 2.75) is 17.7 Å². The number of hydrogen-bond donors (Lipinski definition) is 1. The maximum atomic E-state index is 13.0. The Labute approximate surface area is 148 Å². The van der Waals surface area contributed by atoms with Gasteiger partial charge in [-0.15, -0.1) is 0 Å². The number of piperazine rings is 1. The van der Waals surface area contributed by atoms with Crippen LogP contribution in [-0.2, 0) is 16.4 Å². The summed E-state index contributed by atoms with van der Waals surface area (Å²) in [5, 5.41) is 0. The molecule has 1 N–H and O–H groups in total. The number of nitrogens with zero attached hydrogens (tertiary/aromatic N) is 1. The fraction of sp³-hybridized carbons (Fsp3) is 0.368. The van der Waals surface area contributed by atoms with E-state index in [-0.39, 0.29) is 4.90 Å². The first kappa shape index (κ1) is 18.0. The molecule has 0 atom stereocenters. The van der Waals surface area contributed by atoms with E-state index in [9.17, 15) is 12.8 Å². The fourth-order valence-corrected chi connectivity index (χ4v) is 4.68. The zero-order valence-electron chi connectivity index (χ0n) is 14.2. The number of aryl methyl sites for hydroxylation is 1. The summed E-state index contributed by atoms with van der Waals surface area (Å²) in [5.41, 5.74) is 1.35. The minimum Gasteiger partial charge on any atom is -0.333 e. The van der Waals surface area contributed by atoms with Crippen LogP contribution in [0.2, 0.25) is 0 Å².